The van der Waals surface area contributed by atoms with Crippen molar-refractivity contribution in [2.45, 2.75) is 23.5 Å². The molecule has 0 aliphatic carbocycles. The smallest absolute Gasteiger partial charge is 0.242 e. The van der Waals surface area contributed by atoms with E-state index in [1.807, 2.05) is 7.05 Å². The minimum atomic E-state index is -3.75. The summed E-state index contributed by atoms with van der Waals surface area (Å²) in [5.41, 5.74) is 0. The molecule has 1 aliphatic rings. The van der Waals surface area contributed by atoms with Gasteiger partial charge in [0.15, 0.2) is 11.6 Å². The van der Waals surface area contributed by atoms with E-state index in [0.29, 0.717) is 6.54 Å². The maximum atomic E-state index is 13.8. The lowest BCUT2D eigenvalue weighted by Gasteiger charge is -2.25. The average Bonchev–Trinajstić information content (AvgIpc) is 2.87. The molecule has 0 spiro atoms. The molecule has 2 rings (SSSR count). The van der Waals surface area contributed by atoms with Crippen LogP contribution in [-0.4, -0.2) is 71.2 Å². The van der Waals surface area contributed by atoms with Crippen LogP contribution in [0.15, 0.2) is 23.1 Å². The molecule has 2 atom stereocenters. The van der Waals surface area contributed by atoms with Crippen LogP contribution in [0.3, 0.4) is 0 Å². The Morgan fingerprint density at radius 3 is 2.61 bits per heavy atom. The van der Waals surface area contributed by atoms with Crippen molar-refractivity contribution in [2.75, 3.05) is 41.4 Å². The first-order valence-electron chi connectivity index (χ1n) is 7.32. The van der Waals surface area contributed by atoms with Crippen molar-refractivity contribution in [1.29, 1.82) is 0 Å². The molecular weight excluding hydrogens is 323 g/mol. The van der Waals surface area contributed by atoms with Gasteiger partial charge >= 0.3 is 0 Å². The number of likely N-dealkylation sites (N-methyl/N-ethyl adjacent to an activating group) is 2. The highest BCUT2D eigenvalue weighted by atomic mass is 32.2. The molecule has 1 aromatic carbocycles. The normalized spacial score (nSPS) is 22.7. The van der Waals surface area contributed by atoms with Crippen LogP contribution in [0.2, 0.25) is 0 Å². The minimum Gasteiger partial charge on any atom is -0.494 e. The molecule has 0 saturated carbocycles. The maximum absolute atomic E-state index is 13.8. The Balaban J connectivity index is 2.14. The van der Waals surface area contributed by atoms with Crippen LogP contribution in [0.5, 0.6) is 5.75 Å². The van der Waals surface area contributed by atoms with E-state index in [4.69, 9.17) is 9.47 Å². The van der Waals surface area contributed by atoms with Gasteiger partial charge in [-0.1, -0.05) is 0 Å². The molecule has 6 nitrogen and oxygen atoms in total. The van der Waals surface area contributed by atoms with Crippen LogP contribution >= 0.6 is 0 Å². The molecule has 0 bridgehead atoms. The van der Waals surface area contributed by atoms with Crippen molar-refractivity contribution < 1.29 is 22.3 Å². The van der Waals surface area contributed by atoms with E-state index in [1.54, 1.807) is 7.11 Å². The number of ether oxygens (including phenoxy) is 2. The van der Waals surface area contributed by atoms with Crippen molar-refractivity contribution in [1.82, 2.24) is 9.21 Å². The van der Waals surface area contributed by atoms with Crippen molar-refractivity contribution >= 4 is 10.0 Å². The summed E-state index contributed by atoms with van der Waals surface area (Å²) >= 11 is 0. The Bertz CT molecular complexity index is 653. The standard InChI is InChI=1S/C15H23FN2O4S/c1-17-10-12(21-3)7-11(17)9-18(2)23(19,20)13-5-6-15(22-4)14(16)8-13/h5-6,8,11-12H,7,9-10H2,1-4H3/t11-,12-/m0/s1. The summed E-state index contributed by atoms with van der Waals surface area (Å²) in [5.74, 6) is -0.676. The van der Waals surface area contributed by atoms with Gasteiger partial charge in [-0.15, -0.1) is 0 Å². The second-order valence-electron chi connectivity index (χ2n) is 5.77. The Hall–Kier alpha value is -1.22. The predicted octanol–water partition coefficient (Wildman–Crippen LogP) is 1.17. The lowest BCUT2D eigenvalue weighted by molar-refractivity contribution is 0.111. The molecule has 130 valence electrons. The molecule has 1 heterocycles. The van der Waals surface area contributed by atoms with Crippen molar-refractivity contribution in [3.63, 3.8) is 0 Å². The molecule has 1 aliphatic heterocycles. The zero-order chi connectivity index (χ0) is 17.2. The van der Waals surface area contributed by atoms with Gasteiger partial charge in [-0.3, -0.25) is 4.90 Å². The fraction of sp³-hybridized carbons (Fsp3) is 0.600. The van der Waals surface area contributed by atoms with Crippen molar-refractivity contribution in [3.8, 4) is 5.75 Å². The van der Waals surface area contributed by atoms with Crippen LogP contribution in [0.25, 0.3) is 0 Å². The summed E-state index contributed by atoms with van der Waals surface area (Å²) in [6.07, 6.45) is 0.878. The Kier molecular flexibility index (Phi) is 5.61. The molecule has 0 radical (unpaired) electrons. The molecule has 0 unspecified atom stereocenters. The SMILES string of the molecule is COc1ccc(S(=O)(=O)N(C)C[C@@H]2C[C@H](OC)CN2C)cc1F. The van der Waals surface area contributed by atoms with Gasteiger partial charge in [0.25, 0.3) is 0 Å². The van der Waals surface area contributed by atoms with Gasteiger partial charge in [0.05, 0.1) is 18.1 Å². The first kappa shape index (κ1) is 18.1. The molecule has 1 fully saturated rings. The van der Waals surface area contributed by atoms with Crippen LogP contribution < -0.4 is 4.74 Å². The van der Waals surface area contributed by atoms with Crippen LogP contribution in [0, 0.1) is 5.82 Å². The molecule has 8 heteroatoms. The van der Waals surface area contributed by atoms with E-state index < -0.39 is 15.8 Å². The lowest BCUT2D eigenvalue weighted by atomic mass is 10.2. The predicted molar refractivity (Wildman–Crippen MR) is 84.6 cm³/mol. The average molecular weight is 346 g/mol. The molecule has 0 aromatic heterocycles. The van der Waals surface area contributed by atoms with Gasteiger partial charge in [0.2, 0.25) is 10.0 Å². The number of rotatable bonds is 6. The summed E-state index contributed by atoms with van der Waals surface area (Å²) in [4.78, 5) is 2.00. The summed E-state index contributed by atoms with van der Waals surface area (Å²) in [5, 5.41) is 0. The Morgan fingerprint density at radius 1 is 1.39 bits per heavy atom. The number of sulfonamides is 1. The van der Waals surface area contributed by atoms with E-state index >= 15 is 0 Å². The number of likely N-dealkylation sites (tertiary alicyclic amines) is 1. The molecule has 1 saturated heterocycles. The van der Waals surface area contributed by atoms with E-state index in [2.05, 4.69) is 4.90 Å². The van der Waals surface area contributed by atoms with Gasteiger partial charge in [-0.25, -0.2) is 12.8 Å². The topological polar surface area (TPSA) is 59.1 Å². The maximum Gasteiger partial charge on any atom is 0.242 e. The van der Waals surface area contributed by atoms with Crippen molar-refractivity contribution in [3.05, 3.63) is 24.0 Å². The third kappa shape index (κ3) is 3.82. The molecule has 0 amide bonds. The summed E-state index contributed by atoms with van der Waals surface area (Å²) < 4.78 is 50.4. The zero-order valence-corrected chi connectivity index (χ0v) is 14.6. The minimum absolute atomic E-state index is 0.0186. The third-order valence-electron chi connectivity index (χ3n) is 4.28. The number of methoxy groups -OCH3 is 2. The highest BCUT2D eigenvalue weighted by molar-refractivity contribution is 7.89. The summed E-state index contributed by atoms with van der Waals surface area (Å²) in [7, 11) is 2.68. The number of hydrogen-bond acceptors (Lipinski definition) is 5. The highest BCUT2D eigenvalue weighted by Gasteiger charge is 2.33. The van der Waals surface area contributed by atoms with E-state index in [-0.39, 0.29) is 22.8 Å². The van der Waals surface area contributed by atoms with Crippen LogP contribution in [-0.2, 0) is 14.8 Å². The fourth-order valence-electron chi connectivity index (χ4n) is 2.80. The summed E-state index contributed by atoms with van der Waals surface area (Å²) in [6.45, 7) is 1.10. The van der Waals surface area contributed by atoms with Crippen LogP contribution in [0.1, 0.15) is 6.42 Å². The van der Waals surface area contributed by atoms with Gasteiger partial charge in [0, 0.05) is 33.3 Å². The van der Waals surface area contributed by atoms with Gasteiger partial charge in [-0.2, -0.15) is 4.31 Å². The third-order valence-corrected chi connectivity index (χ3v) is 6.10. The zero-order valence-electron chi connectivity index (χ0n) is 13.8. The number of nitrogens with zero attached hydrogens (tertiary/aromatic N) is 2. The van der Waals surface area contributed by atoms with Crippen molar-refractivity contribution in [2.24, 2.45) is 0 Å². The Morgan fingerprint density at radius 2 is 2.09 bits per heavy atom. The number of hydrogen-bond donors (Lipinski definition) is 0. The van der Waals surface area contributed by atoms with E-state index in [1.165, 1.54) is 30.6 Å². The summed E-state index contributed by atoms with van der Waals surface area (Å²) in [6, 6.07) is 3.73. The Labute approximate surface area is 136 Å². The highest BCUT2D eigenvalue weighted by Crippen LogP contribution is 2.24. The molecule has 23 heavy (non-hydrogen) atoms. The van der Waals surface area contributed by atoms with Gasteiger partial charge < -0.3 is 9.47 Å². The van der Waals surface area contributed by atoms with Crippen LogP contribution in [0.4, 0.5) is 4.39 Å². The first-order chi connectivity index (χ1) is 10.8. The second kappa shape index (κ2) is 7.12. The lowest BCUT2D eigenvalue weighted by Crippen LogP contribution is -2.39. The molecule has 1 aromatic rings. The quantitative estimate of drug-likeness (QED) is 0.774. The monoisotopic (exact) mass is 346 g/mol. The van der Waals surface area contributed by atoms with Gasteiger partial charge in [0.1, 0.15) is 0 Å². The number of halogens is 1. The van der Waals surface area contributed by atoms with E-state index in [9.17, 15) is 12.8 Å². The first-order valence-corrected chi connectivity index (χ1v) is 8.76. The largest absolute Gasteiger partial charge is 0.494 e. The van der Waals surface area contributed by atoms with E-state index in [0.717, 1.165) is 19.0 Å². The van der Waals surface area contributed by atoms with Gasteiger partial charge in [-0.05, 0) is 31.7 Å². The molecular formula is C15H23FN2O4S. The molecule has 0 N–H and O–H groups in total. The number of benzene rings is 1. The fourth-order valence-corrected chi connectivity index (χ4v) is 4.02. The second-order valence-corrected chi connectivity index (χ2v) is 7.81.